The SMILES string of the molecule is CC(CO)CSc1ncc([N+](=O)[O-])cc1C#N. The lowest BCUT2D eigenvalue weighted by atomic mass is 10.2. The van der Waals surface area contributed by atoms with Crippen molar-refractivity contribution in [2.45, 2.75) is 11.9 Å². The minimum Gasteiger partial charge on any atom is -0.396 e. The summed E-state index contributed by atoms with van der Waals surface area (Å²) in [5.41, 5.74) is -0.00422. The van der Waals surface area contributed by atoms with Crippen molar-refractivity contribution in [3.63, 3.8) is 0 Å². The average molecular weight is 253 g/mol. The van der Waals surface area contributed by atoms with Gasteiger partial charge in [0.15, 0.2) is 0 Å². The Bertz CT molecular complexity index is 459. The number of thioether (sulfide) groups is 1. The van der Waals surface area contributed by atoms with Gasteiger partial charge >= 0.3 is 0 Å². The van der Waals surface area contributed by atoms with Crippen LogP contribution in [0.25, 0.3) is 0 Å². The van der Waals surface area contributed by atoms with E-state index in [9.17, 15) is 10.1 Å². The molecule has 0 amide bonds. The molecule has 6 nitrogen and oxygen atoms in total. The highest BCUT2D eigenvalue weighted by Gasteiger charge is 2.13. The number of pyridine rings is 1. The molecular formula is C10H11N3O3S. The quantitative estimate of drug-likeness (QED) is 0.485. The van der Waals surface area contributed by atoms with Crippen molar-refractivity contribution in [3.05, 3.63) is 27.9 Å². The maximum atomic E-state index is 10.5. The third-order valence-corrected chi connectivity index (χ3v) is 3.32. The minimum absolute atomic E-state index is 0.0574. The van der Waals surface area contributed by atoms with Gasteiger partial charge in [0, 0.05) is 18.4 Å². The van der Waals surface area contributed by atoms with Crippen molar-refractivity contribution in [1.29, 1.82) is 5.26 Å². The predicted molar refractivity (Wildman–Crippen MR) is 62.6 cm³/mol. The van der Waals surface area contributed by atoms with Crippen molar-refractivity contribution in [2.75, 3.05) is 12.4 Å². The van der Waals surface area contributed by atoms with Crippen molar-refractivity contribution in [2.24, 2.45) is 5.92 Å². The molecule has 1 unspecified atom stereocenters. The van der Waals surface area contributed by atoms with Crippen LogP contribution in [0.5, 0.6) is 0 Å². The van der Waals surface area contributed by atoms with E-state index >= 15 is 0 Å². The fraction of sp³-hybridized carbons (Fsp3) is 0.400. The second-order valence-electron chi connectivity index (χ2n) is 3.51. The van der Waals surface area contributed by atoms with Gasteiger partial charge in [-0.25, -0.2) is 4.98 Å². The lowest BCUT2D eigenvalue weighted by molar-refractivity contribution is -0.385. The Labute approximate surface area is 102 Å². The molecule has 0 aliphatic carbocycles. The predicted octanol–water partition coefficient (Wildman–Crippen LogP) is 1.58. The molecule has 0 aliphatic rings. The van der Waals surface area contributed by atoms with Crippen LogP contribution >= 0.6 is 11.8 Å². The van der Waals surface area contributed by atoms with E-state index in [-0.39, 0.29) is 23.8 Å². The van der Waals surface area contributed by atoms with Gasteiger partial charge in [0.05, 0.1) is 10.5 Å². The van der Waals surface area contributed by atoms with E-state index in [2.05, 4.69) is 4.98 Å². The largest absolute Gasteiger partial charge is 0.396 e. The summed E-state index contributed by atoms with van der Waals surface area (Å²) in [6.45, 7) is 1.92. The summed E-state index contributed by atoms with van der Waals surface area (Å²) >= 11 is 1.31. The van der Waals surface area contributed by atoms with Crippen molar-refractivity contribution in [3.8, 4) is 6.07 Å². The number of rotatable bonds is 5. The lowest BCUT2D eigenvalue weighted by Gasteiger charge is -2.07. The zero-order valence-corrected chi connectivity index (χ0v) is 9.98. The molecule has 1 aromatic heterocycles. The Morgan fingerprint density at radius 2 is 2.47 bits per heavy atom. The number of nitro groups is 1. The molecule has 7 heteroatoms. The highest BCUT2D eigenvalue weighted by molar-refractivity contribution is 7.99. The van der Waals surface area contributed by atoms with Crippen molar-refractivity contribution < 1.29 is 10.0 Å². The molecule has 0 aromatic carbocycles. The molecular weight excluding hydrogens is 242 g/mol. The second kappa shape index (κ2) is 6.18. The summed E-state index contributed by atoms with van der Waals surface area (Å²) in [6.07, 6.45) is 1.13. The summed E-state index contributed by atoms with van der Waals surface area (Å²) in [5.74, 6) is 0.694. The first-order valence-electron chi connectivity index (χ1n) is 4.86. The van der Waals surface area contributed by atoms with Gasteiger partial charge in [-0.3, -0.25) is 10.1 Å². The van der Waals surface area contributed by atoms with E-state index in [0.29, 0.717) is 10.8 Å². The lowest BCUT2D eigenvalue weighted by Crippen LogP contribution is -2.04. The van der Waals surface area contributed by atoms with Gasteiger partial charge < -0.3 is 5.11 Å². The third kappa shape index (κ3) is 3.69. The van der Waals surface area contributed by atoms with Crippen molar-refractivity contribution >= 4 is 17.4 Å². The first-order valence-corrected chi connectivity index (χ1v) is 5.85. The van der Waals surface area contributed by atoms with Crippen LogP contribution < -0.4 is 0 Å². The molecule has 1 aromatic rings. The monoisotopic (exact) mass is 253 g/mol. The van der Waals surface area contributed by atoms with Crippen LogP contribution in [-0.4, -0.2) is 27.4 Å². The Hall–Kier alpha value is -1.65. The Morgan fingerprint density at radius 1 is 1.76 bits per heavy atom. The normalized spacial score (nSPS) is 11.8. The molecule has 0 aliphatic heterocycles. The van der Waals surface area contributed by atoms with Gasteiger partial charge in [0.25, 0.3) is 5.69 Å². The average Bonchev–Trinajstić information content (AvgIpc) is 2.35. The van der Waals surface area contributed by atoms with E-state index in [0.717, 1.165) is 6.20 Å². The zero-order valence-electron chi connectivity index (χ0n) is 9.16. The molecule has 0 saturated carbocycles. The van der Waals surface area contributed by atoms with Gasteiger partial charge in [-0.15, -0.1) is 11.8 Å². The number of aromatic nitrogens is 1. The van der Waals surface area contributed by atoms with E-state index in [1.165, 1.54) is 17.8 Å². The van der Waals surface area contributed by atoms with E-state index < -0.39 is 4.92 Å². The number of hydrogen-bond acceptors (Lipinski definition) is 6. The zero-order chi connectivity index (χ0) is 12.8. The smallest absolute Gasteiger partial charge is 0.288 e. The van der Waals surface area contributed by atoms with Crippen molar-refractivity contribution in [1.82, 2.24) is 4.98 Å². The summed E-state index contributed by atoms with van der Waals surface area (Å²) in [4.78, 5) is 13.8. The fourth-order valence-electron chi connectivity index (χ4n) is 1.01. The number of nitrogens with zero attached hydrogens (tertiary/aromatic N) is 3. The highest BCUT2D eigenvalue weighted by atomic mass is 32.2. The van der Waals surface area contributed by atoms with Crippen LogP contribution in [-0.2, 0) is 0 Å². The van der Waals surface area contributed by atoms with Crippen LogP contribution in [0.2, 0.25) is 0 Å². The molecule has 17 heavy (non-hydrogen) atoms. The first kappa shape index (κ1) is 13.4. The topological polar surface area (TPSA) is 100 Å². The number of aliphatic hydroxyl groups excluding tert-OH is 1. The van der Waals surface area contributed by atoms with E-state index in [1.54, 1.807) is 0 Å². The number of nitriles is 1. The Morgan fingerprint density at radius 3 is 3.00 bits per heavy atom. The Balaban J connectivity index is 2.87. The van der Waals surface area contributed by atoms with Gasteiger partial charge in [0.2, 0.25) is 0 Å². The van der Waals surface area contributed by atoms with E-state index in [4.69, 9.17) is 10.4 Å². The first-order chi connectivity index (χ1) is 8.08. The summed E-state index contributed by atoms with van der Waals surface area (Å²) in [6, 6.07) is 3.09. The number of aliphatic hydroxyl groups is 1. The maximum absolute atomic E-state index is 10.5. The third-order valence-electron chi connectivity index (χ3n) is 1.98. The minimum atomic E-state index is -0.585. The van der Waals surface area contributed by atoms with Gasteiger partial charge in [-0.05, 0) is 5.92 Å². The molecule has 90 valence electrons. The van der Waals surface area contributed by atoms with Crippen LogP contribution in [0, 0.1) is 27.4 Å². The number of hydrogen-bond donors (Lipinski definition) is 1. The summed E-state index contributed by atoms with van der Waals surface area (Å²) in [7, 11) is 0. The van der Waals surface area contributed by atoms with Crippen LogP contribution in [0.4, 0.5) is 5.69 Å². The summed E-state index contributed by atoms with van der Waals surface area (Å²) in [5, 5.41) is 28.7. The molecule has 0 bridgehead atoms. The molecule has 1 N–H and O–H groups in total. The molecule has 1 rings (SSSR count). The molecule has 1 atom stereocenters. The highest BCUT2D eigenvalue weighted by Crippen LogP contribution is 2.24. The second-order valence-corrected chi connectivity index (χ2v) is 4.52. The Kier molecular flexibility index (Phi) is 4.87. The molecule has 0 saturated heterocycles. The van der Waals surface area contributed by atoms with E-state index in [1.807, 2.05) is 13.0 Å². The van der Waals surface area contributed by atoms with Gasteiger partial charge in [-0.2, -0.15) is 5.26 Å². The maximum Gasteiger partial charge on any atom is 0.288 e. The van der Waals surface area contributed by atoms with Gasteiger partial charge in [-0.1, -0.05) is 6.92 Å². The molecule has 1 heterocycles. The molecule has 0 fully saturated rings. The van der Waals surface area contributed by atoms with Crippen LogP contribution in [0.15, 0.2) is 17.3 Å². The van der Waals surface area contributed by atoms with Crippen LogP contribution in [0.1, 0.15) is 12.5 Å². The molecule has 0 radical (unpaired) electrons. The van der Waals surface area contributed by atoms with Gasteiger partial charge in [0.1, 0.15) is 17.3 Å². The standard InChI is InChI=1S/C10H11N3O3S/c1-7(5-14)6-17-10-8(3-11)2-9(4-12-10)13(15)16/h2,4,7,14H,5-6H2,1H3. The summed E-state index contributed by atoms with van der Waals surface area (Å²) < 4.78 is 0. The molecule has 0 spiro atoms. The van der Waals surface area contributed by atoms with Crippen LogP contribution in [0.3, 0.4) is 0 Å². The fourth-order valence-corrected chi connectivity index (χ4v) is 1.95.